The van der Waals surface area contributed by atoms with E-state index in [2.05, 4.69) is 33.7 Å². The average molecular weight is 288 g/mol. The van der Waals surface area contributed by atoms with Crippen LogP contribution in [-0.2, 0) is 13.1 Å². The van der Waals surface area contributed by atoms with Crippen molar-refractivity contribution in [1.82, 2.24) is 19.9 Å². The van der Waals surface area contributed by atoms with Crippen molar-refractivity contribution >= 4 is 5.91 Å². The van der Waals surface area contributed by atoms with Gasteiger partial charge in [-0.25, -0.2) is 9.97 Å². The van der Waals surface area contributed by atoms with Crippen LogP contribution in [0.3, 0.4) is 0 Å². The molecule has 0 aliphatic rings. The summed E-state index contributed by atoms with van der Waals surface area (Å²) in [6.07, 6.45) is 5.11. The number of hydrogen-bond acceptors (Lipinski definition) is 4. The van der Waals surface area contributed by atoms with Crippen LogP contribution in [0.4, 0.5) is 0 Å². The molecule has 0 aliphatic heterocycles. The third-order valence-electron chi connectivity index (χ3n) is 3.00. The number of pyridine rings is 1. The fraction of sp³-hybridized carbons (Fsp3) is 0.400. The third kappa shape index (κ3) is 4.05. The van der Waals surface area contributed by atoms with Gasteiger partial charge in [-0.3, -0.25) is 4.79 Å². The molecule has 0 atom stereocenters. The van der Waals surface area contributed by atoms with E-state index < -0.39 is 0 Å². The fourth-order valence-electron chi connectivity index (χ4n) is 1.99. The molecule has 112 valence electrons. The smallest absolute Gasteiger partial charge is 0.251 e. The maximum Gasteiger partial charge on any atom is 0.251 e. The predicted octanol–water partition coefficient (Wildman–Crippen LogP) is 1.87. The van der Waals surface area contributed by atoms with Gasteiger partial charge >= 0.3 is 0 Å². The summed E-state index contributed by atoms with van der Waals surface area (Å²) in [4.78, 5) is 20.2. The van der Waals surface area contributed by atoms with Crippen molar-refractivity contribution in [3.63, 3.8) is 0 Å². The normalized spacial score (nSPS) is 10.7. The molecule has 2 heterocycles. The van der Waals surface area contributed by atoms with Crippen molar-refractivity contribution in [2.75, 3.05) is 7.11 Å². The maximum absolute atomic E-state index is 12.1. The van der Waals surface area contributed by atoms with E-state index in [-0.39, 0.29) is 5.91 Å². The Labute approximate surface area is 124 Å². The van der Waals surface area contributed by atoms with Crippen molar-refractivity contribution < 1.29 is 9.53 Å². The van der Waals surface area contributed by atoms with Crippen LogP contribution in [0.15, 0.2) is 30.9 Å². The minimum absolute atomic E-state index is 0.159. The number of nitrogens with zero attached hydrogens (tertiary/aromatic N) is 3. The zero-order valence-electron chi connectivity index (χ0n) is 12.5. The highest BCUT2D eigenvalue weighted by Gasteiger charge is 2.09. The van der Waals surface area contributed by atoms with Gasteiger partial charge in [0.25, 0.3) is 5.91 Å². The van der Waals surface area contributed by atoms with Gasteiger partial charge in [-0.2, -0.15) is 0 Å². The molecule has 6 heteroatoms. The average Bonchev–Trinajstić information content (AvgIpc) is 2.91. The van der Waals surface area contributed by atoms with E-state index >= 15 is 0 Å². The molecule has 0 saturated carbocycles. The van der Waals surface area contributed by atoms with Crippen LogP contribution >= 0.6 is 0 Å². The second-order valence-electron chi connectivity index (χ2n) is 5.20. The zero-order chi connectivity index (χ0) is 15.2. The molecule has 0 aliphatic carbocycles. The molecule has 0 saturated heterocycles. The molecule has 0 radical (unpaired) electrons. The molecule has 1 amide bonds. The van der Waals surface area contributed by atoms with Gasteiger partial charge in [0, 0.05) is 30.6 Å². The van der Waals surface area contributed by atoms with Crippen LogP contribution in [0.2, 0.25) is 0 Å². The standard InChI is InChI=1S/C15H20N4O2/c1-11(2)9-19-10-16-7-13(19)8-18-15(20)12-4-5-17-14(6-12)21-3/h4-7,10-11H,8-9H2,1-3H3,(H,18,20). The summed E-state index contributed by atoms with van der Waals surface area (Å²) < 4.78 is 7.07. The molecule has 0 unspecified atom stereocenters. The van der Waals surface area contributed by atoms with Gasteiger partial charge in [0.15, 0.2) is 0 Å². The van der Waals surface area contributed by atoms with Crippen molar-refractivity contribution in [2.24, 2.45) is 5.92 Å². The first-order valence-electron chi connectivity index (χ1n) is 6.87. The second kappa shape index (κ2) is 6.88. The molecule has 1 N–H and O–H groups in total. The summed E-state index contributed by atoms with van der Waals surface area (Å²) in [5, 5.41) is 2.88. The van der Waals surface area contributed by atoms with Crippen LogP contribution in [-0.4, -0.2) is 27.6 Å². The van der Waals surface area contributed by atoms with Gasteiger partial charge < -0.3 is 14.6 Å². The number of amides is 1. The summed E-state index contributed by atoms with van der Waals surface area (Å²) >= 11 is 0. The molecule has 21 heavy (non-hydrogen) atoms. The zero-order valence-corrected chi connectivity index (χ0v) is 12.5. The molecule has 0 fully saturated rings. The number of ether oxygens (including phenoxy) is 1. The number of imidazole rings is 1. The van der Waals surface area contributed by atoms with Gasteiger partial charge in [-0.05, 0) is 12.0 Å². The van der Waals surface area contributed by atoms with Crippen molar-refractivity contribution in [2.45, 2.75) is 26.9 Å². The van der Waals surface area contributed by atoms with Crippen LogP contribution in [0, 0.1) is 5.92 Å². The number of nitrogens with one attached hydrogen (secondary N) is 1. The molecule has 0 bridgehead atoms. The summed E-state index contributed by atoms with van der Waals surface area (Å²) in [6.45, 7) is 5.61. The number of rotatable bonds is 6. The van der Waals surface area contributed by atoms with Gasteiger partial charge in [0.05, 0.1) is 25.7 Å². The van der Waals surface area contributed by atoms with Crippen LogP contribution < -0.4 is 10.1 Å². The Morgan fingerprint density at radius 3 is 3.00 bits per heavy atom. The largest absolute Gasteiger partial charge is 0.481 e. The monoisotopic (exact) mass is 288 g/mol. The highest BCUT2D eigenvalue weighted by atomic mass is 16.5. The van der Waals surface area contributed by atoms with Crippen molar-refractivity contribution in [3.8, 4) is 5.88 Å². The van der Waals surface area contributed by atoms with E-state index in [1.54, 1.807) is 30.9 Å². The molecule has 2 aromatic rings. The molecule has 2 aromatic heterocycles. The summed E-state index contributed by atoms with van der Waals surface area (Å²) in [7, 11) is 1.52. The second-order valence-corrected chi connectivity index (χ2v) is 5.20. The van der Waals surface area contributed by atoms with E-state index in [0.29, 0.717) is 23.9 Å². The minimum atomic E-state index is -0.159. The lowest BCUT2D eigenvalue weighted by Gasteiger charge is -2.11. The Hall–Kier alpha value is -2.37. The third-order valence-corrected chi connectivity index (χ3v) is 3.00. The summed E-state index contributed by atoms with van der Waals surface area (Å²) in [5.41, 5.74) is 1.51. The molecular weight excluding hydrogens is 268 g/mol. The van der Waals surface area contributed by atoms with Gasteiger partial charge in [-0.15, -0.1) is 0 Å². The van der Waals surface area contributed by atoms with Crippen LogP contribution in [0.5, 0.6) is 5.88 Å². The van der Waals surface area contributed by atoms with Gasteiger partial charge in [-0.1, -0.05) is 13.8 Å². The van der Waals surface area contributed by atoms with Crippen molar-refractivity contribution in [1.29, 1.82) is 0 Å². The Morgan fingerprint density at radius 2 is 2.29 bits per heavy atom. The first kappa shape index (κ1) is 15.0. The summed E-state index contributed by atoms with van der Waals surface area (Å²) in [5.74, 6) is 0.790. The summed E-state index contributed by atoms with van der Waals surface area (Å²) in [6, 6.07) is 3.27. The predicted molar refractivity (Wildman–Crippen MR) is 79.0 cm³/mol. The molecule has 6 nitrogen and oxygen atoms in total. The fourth-order valence-corrected chi connectivity index (χ4v) is 1.99. The van der Waals surface area contributed by atoms with Gasteiger partial charge in [0.1, 0.15) is 0 Å². The van der Waals surface area contributed by atoms with Gasteiger partial charge in [0.2, 0.25) is 5.88 Å². The molecule has 2 rings (SSSR count). The Balaban J connectivity index is 1.99. The SMILES string of the molecule is COc1cc(C(=O)NCc2cncn2CC(C)C)ccn1. The topological polar surface area (TPSA) is 69.0 Å². The Morgan fingerprint density at radius 1 is 1.48 bits per heavy atom. The number of hydrogen-bond donors (Lipinski definition) is 1. The Bertz CT molecular complexity index is 607. The lowest BCUT2D eigenvalue weighted by molar-refractivity contribution is 0.0949. The highest BCUT2D eigenvalue weighted by molar-refractivity contribution is 5.94. The Kier molecular flexibility index (Phi) is 4.92. The first-order chi connectivity index (χ1) is 10.1. The van der Waals surface area contributed by atoms with E-state index in [4.69, 9.17) is 4.74 Å². The van der Waals surface area contributed by atoms with Crippen LogP contribution in [0.25, 0.3) is 0 Å². The minimum Gasteiger partial charge on any atom is -0.481 e. The first-order valence-corrected chi connectivity index (χ1v) is 6.87. The lowest BCUT2D eigenvalue weighted by Crippen LogP contribution is -2.24. The lowest BCUT2D eigenvalue weighted by atomic mass is 10.2. The number of carbonyl (C=O) groups is 1. The van der Waals surface area contributed by atoms with E-state index in [1.165, 1.54) is 7.11 Å². The number of aromatic nitrogens is 3. The van der Waals surface area contributed by atoms with Crippen molar-refractivity contribution in [3.05, 3.63) is 42.1 Å². The molecular formula is C15H20N4O2. The van der Waals surface area contributed by atoms with E-state index in [0.717, 1.165) is 12.2 Å². The number of methoxy groups -OCH3 is 1. The van der Waals surface area contributed by atoms with E-state index in [1.807, 2.05) is 0 Å². The van der Waals surface area contributed by atoms with Crippen LogP contribution in [0.1, 0.15) is 29.9 Å². The highest BCUT2D eigenvalue weighted by Crippen LogP contribution is 2.09. The molecule has 0 aromatic carbocycles. The maximum atomic E-state index is 12.1. The number of carbonyl (C=O) groups excluding carboxylic acids is 1. The molecule has 0 spiro atoms. The van der Waals surface area contributed by atoms with E-state index in [9.17, 15) is 4.79 Å². The quantitative estimate of drug-likeness (QED) is 0.881.